The number of aromatic carboxylic acids is 1. The molecule has 0 bridgehead atoms. The van der Waals surface area contributed by atoms with E-state index in [1.54, 1.807) is 19.2 Å². The first kappa shape index (κ1) is 24.4. The van der Waals surface area contributed by atoms with Crippen molar-refractivity contribution >= 4 is 29.8 Å². The van der Waals surface area contributed by atoms with E-state index in [1.165, 1.54) is 11.1 Å². The summed E-state index contributed by atoms with van der Waals surface area (Å²) in [6.07, 6.45) is 2.28. The molecule has 1 aliphatic rings. The molecule has 0 atom stereocenters. The molecule has 0 saturated carbocycles. The molecule has 0 amide bonds. The van der Waals surface area contributed by atoms with Gasteiger partial charge in [0.15, 0.2) is 0 Å². The molecule has 1 N–H and O–H groups in total. The Kier molecular flexibility index (Phi) is 6.80. The Hall–Kier alpha value is -2.75. The van der Waals surface area contributed by atoms with Crippen LogP contribution in [-0.2, 0) is 17.4 Å². The van der Waals surface area contributed by atoms with Gasteiger partial charge in [-0.05, 0) is 0 Å². The summed E-state index contributed by atoms with van der Waals surface area (Å²) in [6, 6.07) is 19.9. The van der Waals surface area contributed by atoms with Crippen LogP contribution in [0.4, 0.5) is 0 Å². The third kappa shape index (κ3) is 5.01. The van der Waals surface area contributed by atoms with Crippen molar-refractivity contribution in [3.63, 3.8) is 0 Å². The van der Waals surface area contributed by atoms with E-state index >= 15 is 0 Å². The second-order valence-corrected chi connectivity index (χ2v) is 12.4. The Labute approximate surface area is 208 Å². The molecule has 4 nitrogen and oxygen atoms in total. The van der Waals surface area contributed by atoms with Gasteiger partial charge >= 0.3 is 209 Å². The summed E-state index contributed by atoms with van der Waals surface area (Å²) in [5, 5.41) is 9.38. The third-order valence-corrected chi connectivity index (χ3v) is 9.08. The van der Waals surface area contributed by atoms with E-state index in [0.717, 1.165) is 33.1 Å². The van der Waals surface area contributed by atoms with Crippen molar-refractivity contribution in [2.75, 3.05) is 7.11 Å². The Balaban J connectivity index is 1.79. The Morgan fingerprint density at radius 1 is 0.882 bits per heavy atom. The molecule has 3 aromatic carbocycles. The second-order valence-electron chi connectivity index (χ2n) is 10.2. The van der Waals surface area contributed by atoms with E-state index in [1.807, 2.05) is 24.3 Å². The zero-order valence-electron chi connectivity index (χ0n) is 20.5. The fraction of sp³-hybridized carbons (Fsp3) is 0.345. The Bertz CT molecular complexity index is 1200. The second kappa shape index (κ2) is 9.48. The van der Waals surface area contributed by atoms with Gasteiger partial charge in [0, 0.05) is 0 Å². The Morgan fingerprint density at radius 3 is 2.15 bits per heavy atom. The molecule has 0 saturated heterocycles. The summed E-state index contributed by atoms with van der Waals surface area (Å²) in [6.45, 7) is 9.79. The summed E-state index contributed by atoms with van der Waals surface area (Å²) >= 11 is -0.124. The van der Waals surface area contributed by atoms with Crippen molar-refractivity contribution in [2.45, 2.75) is 58.0 Å². The van der Waals surface area contributed by atoms with Gasteiger partial charge in [0.2, 0.25) is 0 Å². The topological polar surface area (TPSA) is 55.8 Å². The summed E-state index contributed by atoms with van der Waals surface area (Å²) < 4.78 is 14.2. The number of fused-ring (bicyclic) bond motifs is 1. The van der Waals surface area contributed by atoms with Crippen LogP contribution in [0.25, 0.3) is 0 Å². The average Bonchev–Trinajstić information content (AvgIpc) is 2.81. The number of ether oxygens (including phenoxy) is 2. The molecule has 34 heavy (non-hydrogen) atoms. The average molecular weight is 524 g/mol. The van der Waals surface area contributed by atoms with Crippen LogP contribution in [0.1, 0.15) is 67.6 Å². The molecule has 4 rings (SSSR count). The van der Waals surface area contributed by atoms with E-state index in [9.17, 15) is 9.90 Å². The molecule has 3 aromatic rings. The van der Waals surface area contributed by atoms with Crippen molar-refractivity contribution in [3.05, 3.63) is 82.9 Å². The zero-order valence-corrected chi connectivity index (χ0v) is 22.2. The van der Waals surface area contributed by atoms with Gasteiger partial charge in [-0.15, -0.1) is 0 Å². The third-order valence-electron chi connectivity index (χ3n) is 6.78. The maximum absolute atomic E-state index is 11.4. The standard InChI is InChI=1S/C29H32O4Se/c1-28(2)13-14-29(3,4)22-17-26(34-25-12-11-20(27(30)31)15-23(25)32-5)24(16-21(22)28)33-18-19-9-7-6-8-10-19/h6-12,15-17H,13-14,18H2,1-5H3,(H,30,31). The van der Waals surface area contributed by atoms with Crippen molar-refractivity contribution in [2.24, 2.45) is 0 Å². The molecule has 178 valence electrons. The van der Waals surface area contributed by atoms with Crippen molar-refractivity contribution < 1.29 is 19.4 Å². The maximum atomic E-state index is 11.4. The number of hydrogen-bond donors (Lipinski definition) is 1. The van der Waals surface area contributed by atoms with E-state index < -0.39 is 5.97 Å². The molecule has 1 aliphatic carbocycles. The molecular formula is C29H32O4Se. The van der Waals surface area contributed by atoms with Crippen LogP contribution in [0.2, 0.25) is 0 Å². The summed E-state index contributed by atoms with van der Waals surface area (Å²) in [5.41, 5.74) is 4.27. The fourth-order valence-corrected chi connectivity index (χ4v) is 6.63. The van der Waals surface area contributed by atoms with E-state index in [2.05, 4.69) is 52.0 Å². The predicted molar refractivity (Wildman–Crippen MR) is 137 cm³/mol. The van der Waals surface area contributed by atoms with Gasteiger partial charge in [-0.25, -0.2) is 0 Å². The predicted octanol–water partition coefficient (Wildman–Crippen LogP) is 4.98. The summed E-state index contributed by atoms with van der Waals surface area (Å²) in [5.74, 6) is 0.547. The number of rotatable bonds is 7. The SMILES string of the molecule is COc1cc(C(=O)O)ccc1[Se]c1cc2c(cc1OCc1ccccc1)C(C)(C)CCC2(C)C. The number of carboxylic acids is 1. The molecule has 0 unspecified atom stereocenters. The van der Waals surface area contributed by atoms with Gasteiger partial charge < -0.3 is 0 Å². The van der Waals surface area contributed by atoms with Crippen LogP contribution in [0.5, 0.6) is 11.5 Å². The van der Waals surface area contributed by atoms with Gasteiger partial charge in [-0.3, -0.25) is 0 Å². The summed E-state index contributed by atoms with van der Waals surface area (Å²) in [4.78, 5) is 11.4. The van der Waals surface area contributed by atoms with Crippen LogP contribution in [-0.4, -0.2) is 33.1 Å². The minimum absolute atomic E-state index is 0.0854. The Morgan fingerprint density at radius 2 is 1.53 bits per heavy atom. The minimum atomic E-state index is -0.956. The fourth-order valence-electron chi connectivity index (χ4n) is 4.51. The van der Waals surface area contributed by atoms with Crippen molar-refractivity contribution in [1.29, 1.82) is 0 Å². The molecule has 0 spiro atoms. The molecule has 0 aliphatic heterocycles. The van der Waals surface area contributed by atoms with Gasteiger partial charge in [0.1, 0.15) is 0 Å². The number of carbonyl (C=O) groups is 1. The monoisotopic (exact) mass is 524 g/mol. The van der Waals surface area contributed by atoms with Crippen LogP contribution in [0.15, 0.2) is 60.7 Å². The first-order valence-corrected chi connectivity index (χ1v) is 13.3. The van der Waals surface area contributed by atoms with Crippen LogP contribution in [0, 0.1) is 0 Å². The number of hydrogen-bond acceptors (Lipinski definition) is 3. The number of methoxy groups -OCH3 is 1. The quantitative estimate of drug-likeness (QED) is 0.444. The molecule has 0 heterocycles. The molecule has 5 heteroatoms. The molecule has 0 fully saturated rings. The van der Waals surface area contributed by atoms with E-state index in [4.69, 9.17) is 9.47 Å². The normalized spacial score (nSPS) is 15.9. The van der Waals surface area contributed by atoms with E-state index in [-0.39, 0.29) is 31.4 Å². The first-order chi connectivity index (χ1) is 16.1. The van der Waals surface area contributed by atoms with Crippen LogP contribution in [0.3, 0.4) is 0 Å². The molecular weight excluding hydrogens is 491 g/mol. The summed E-state index contributed by atoms with van der Waals surface area (Å²) in [7, 11) is 1.59. The van der Waals surface area contributed by atoms with Crippen LogP contribution < -0.4 is 18.4 Å². The first-order valence-electron chi connectivity index (χ1n) is 11.6. The van der Waals surface area contributed by atoms with Gasteiger partial charge in [0.05, 0.1) is 0 Å². The zero-order chi connectivity index (χ0) is 24.5. The van der Waals surface area contributed by atoms with E-state index in [0.29, 0.717) is 12.4 Å². The van der Waals surface area contributed by atoms with Crippen molar-refractivity contribution in [3.8, 4) is 11.5 Å². The molecule has 0 radical (unpaired) electrons. The van der Waals surface area contributed by atoms with Crippen LogP contribution >= 0.6 is 0 Å². The van der Waals surface area contributed by atoms with Gasteiger partial charge in [-0.1, -0.05) is 0 Å². The molecule has 0 aromatic heterocycles. The van der Waals surface area contributed by atoms with Gasteiger partial charge in [0.25, 0.3) is 0 Å². The van der Waals surface area contributed by atoms with Crippen molar-refractivity contribution in [1.82, 2.24) is 0 Å². The number of benzene rings is 3. The van der Waals surface area contributed by atoms with Gasteiger partial charge in [-0.2, -0.15) is 0 Å². The number of carboxylic acid groups (broad SMARTS) is 1.